The summed E-state index contributed by atoms with van der Waals surface area (Å²) in [5, 5.41) is 0. The van der Waals surface area contributed by atoms with E-state index >= 15 is 0 Å². The molecule has 0 aliphatic heterocycles. The highest BCUT2D eigenvalue weighted by molar-refractivity contribution is 6.02. The SMILES string of the molecule is CN(C)c1ccc(-c2cccc3c2CCC3=O)cc1. The Balaban J connectivity index is 2.06. The molecule has 2 nitrogen and oxygen atoms in total. The number of fused-ring (bicyclic) bond motifs is 1. The second kappa shape index (κ2) is 4.54. The molecule has 0 spiro atoms. The molecular formula is C17H17NO. The van der Waals surface area contributed by atoms with E-state index in [1.165, 1.54) is 22.4 Å². The van der Waals surface area contributed by atoms with Gasteiger partial charge in [0.25, 0.3) is 0 Å². The first-order chi connectivity index (χ1) is 9.16. The first-order valence-corrected chi connectivity index (χ1v) is 6.59. The normalized spacial score (nSPS) is 13.5. The van der Waals surface area contributed by atoms with Gasteiger partial charge in [-0.05, 0) is 35.2 Å². The fourth-order valence-electron chi connectivity index (χ4n) is 2.70. The number of benzene rings is 2. The maximum atomic E-state index is 11.8. The second-order valence-corrected chi connectivity index (χ2v) is 5.20. The number of nitrogens with zero attached hydrogens (tertiary/aromatic N) is 1. The summed E-state index contributed by atoms with van der Waals surface area (Å²) in [6.45, 7) is 0. The molecule has 0 heterocycles. The van der Waals surface area contributed by atoms with Gasteiger partial charge in [0, 0.05) is 31.8 Å². The first-order valence-electron chi connectivity index (χ1n) is 6.59. The Morgan fingerprint density at radius 1 is 0.895 bits per heavy atom. The minimum Gasteiger partial charge on any atom is -0.378 e. The lowest BCUT2D eigenvalue weighted by Gasteiger charge is -2.14. The van der Waals surface area contributed by atoms with Gasteiger partial charge in [0.15, 0.2) is 5.78 Å². The van der Waals surface area contributed by atoms with Crippen molar-refractivity contribution in [3.63, 3.8) is 0 Å². The number of ketones is 1. The van der Waals surface area contributed by atoms with Crippen molar-refractivity contribution in [1.29, 1.82) is 0 Å². The Bertz CT molecular complexity index is 626. The van der Waals surface area contributed by atoms with Crippen LogP contribution in [0.1, 0.15) is 22.3 Å². The van der Waals surface area contributed by atoms with E-state index in [-0.39, 0.29) is 5.78 Å². The van der Waals surface area contributed by atoms with Gasteiger partial charge in [-0.1, -0.05) is 30.3 Å². The number of rotatable bonds is 2. The highest BCUT2D eigenvalue weighted by Crippen LogP contribution is 2.32. The third kappa shape index (κ3) is 2.03. The lowest BCUT2D eigenvalue weighted by atomic mass is 9.97. The van der Waals surface area contributed by atoms with Crippen molar-refractivity contribution in [3.8, 4) is 11.1 Å². The molecule has 96 valence electrons. The predicted molar refractivity (Wildman–Crippen MR) is 78.9 cm³/mol. The molecule has 2 aromatic rings. The van der Waals surface area contributed by atoms with E-state index in [4.69, 9.17) is 0 Å². The number of Topliss-reactive ketones (excluding diaryl/α,β-unsaturated/α-hetero) is 1. The van der Waals surface area contributed by atoms with Gasteiger partial charge in [0.05, 0.1) is 0 Å². The number of hydrogen-bond acceptors (Lipinski definition) is 2. The number of carbonyl (C=O) groups excluding carboxylic acids is 1. The smallest absolute Gasteiger partial charge is 0.163 e. The lowest BCUT2D eigenvalue weighted by molar-refractivity contribution is 0.0994. The quantitative estimate of drug-likeness (QED) is 0.813. The largest absolute Gasteiger partial charge is 0.378 e. The van der Waals surface area contributed by atoms with Gasteiger partial charge < -0.3 is 4.90 Å². The van der Waals surface area contributed by atoms with E-state index in [1.54, 1.807) is 0 Å². The third-order valence-corrected chi connectivity index (χ3v) is 3.77. The Kier molecular flexibility index (Phi) is 2.86. The predicted octanol–water partition coefficient (Wildman–Crippen LogP) is 3.55. The molecule has 0 fully saturated rings. The molecule has 0 aromatic heterocycles. The van der Waals surface area contributed by atoms with Crippen LogP contribution in [0.25, 0.3) is 11.1 Å². The Morgan fingerprint density at radius 2 is 1.58 bits per heavy atom. The third-order valence-electron chi connectivity index (χ3n) is 3.77. The summed E-state index contributed by atoms with van der Waals surface area (Å²) in [7, 11) is 4.07. The van der Waals surface area contributed by atoms with Gasteiger partial charge in [0.2, 0.25) is 0 Å². The van der Waals surface area contributed by atoms with Crippen LogP contribution in [-0.2, 0) is 6.42 Å². The summed E-state index contributed by atoms with van der Waals surface area (Å²) >= 11 is 0. The van der Waals surface area contributed by atoms with E-state index in [0.717, 1.165) is 12.0 Å². The van der Waals surface area contributed by atoms with Gasteiger partial charge in [-0.3, -0.25) is 4.79 Å². The average molecular weight is 251 g/mol. The minimum atomic E-state index is 0.279. The van der Waals surface area contributed by atoms with E-state index in [2.05, 4.69) is 35.2 Å². The molecule has 0 amide bonds. The molecular weight excluding hydrogens is 234 g/mol. The van der Waals surface area contributed by atoms with Gasteiger partial charge >= 0.3 is 0 Å². The molecule has 1 aliphatic carbocycles. The summed E-state index contributed by atoms with van der Waals surface area (Å²) in [4.78, 5) is 13.9. The molecule has 0 atom stereocenters. The van der Waals surface area contributed by atoms with Crippen LogP contribution in [0.2, 0.25) is 0 Å². The van der Waals surface area contributed by atoms with Crippen molar-refractivity contribution in [2.75, 3.05) is 19.0 Å². The molecule has 3 rings (SSSR count). The van der Waals surface area contributed by atoms with Crippen LogP contribution in [0.4, 0.5) is 5.69 Å². The molecule has 2 heteroatoms. The molecule has 0 N–H and O–H groups in total. The van der Waals surface area contributed by atoms with Gasteiger partial charge in [-0.15, -0.1) is 0 Å². The maximum Gasteiger partial charge on any atom is 0.163 e. The van der Waals surface area contributed by atoms with Gasteiger partial charge in [-0.2, -0.15) is 0 Å². The monoisotopic (exact) mass is 251 g/mol. The van der Waals surface area contributed by atoms with Crippen LogP contribution >= 0.6 is 0 Å². The fraction of sp³-hybridized carbons (Fsp3) is 0.235. The summed E-state index contributed by atoms with van der Waals surface area (Å²) in [5.41, 5.74) is 5.71. The van der Waals surface area contributed by atoms with Crippen molar-refractivity contribution in [3.05, 3.63) is 53.6 Å². The first kappa shape index (κ1) is 12.0. The zero-order valence-corrected chi connectivity index (χ0v) is 11.3. The molecule has 1 aliphatic rings. The second-order valence-electron chi connectivity index (χ2n) is 5.20. The van der Waals surface area contributed by atoms with E-state index in [1.807, 2.05) is 26.2 Å². The van der Waals surface area contributed by atoms with E-state index in [0.29, 0.717) is 6.42 Å². The summed E-state index contributed by atoms with van der Waals surface area (Å²) < 4.78 is 0. The van der Waals surface area contributed by atoms with Crippen LogP contribution in [-0.4, -0.2) is 19.9 Å². The summed E-state index contributed by atoms with van der Waals surface area (Å²) in [6.07, 6.45) is 1.53. The maximum absolute atomic E-state index is 11.8. The number of hydrogen-bond donors (Lipinski definition) is 0. The van der Waals surface area contributed by atoms with E-state index in [9.17, 15) is 4.79 Å². The zero-order valence-electron chi connectivity index (χ0n) is 11.3. The standard InChI is InChI=1S/C17H17NO/c1-18(2)13-8-6-12(7-9-13)14-4-3-5-16-15(14)10-11-17(16)19/h3-9H,10-11H2,1-2H3. The van der Waals surface area contributed by atoms with Crippen LogP contribution in [0.3, 0.4) is 0 Å². The Morgan fingerprint density at radius 3 is 2.26 bits per heavy atom. The van der Waals surface area contributed by atoms with Crippen molar-refractivity contribution >= 4 is 11.5 Å². The van der Waals surface area contributed by atoms with Gasteiger partial charge in [-0.25, -0.2) is 0 Å². The molecule has 19 heavy (non-hydrogen) atoms. The summed E-state index contributed by atoms with van der Waals surface area (Å²) in [5.74, 6) is 0.279. The number of anilines is 1. The molecule has 0 saturated carbocycles. The summed E-state index contributed by atoms with van der Waals surface area (Å²) in [6, 6.07) is 14.5. The number of carbonyl (C=O) groups is 1. The molecule has 0 bridgehead atoms. The van der Waals surface area contributed by atoms with Crippen molar-refractivity contribution < 1.29 is 4.79 Å². The van der Waals surface area contributed by atoms with Crippen LogP contribution in [0, 0.1) is 0 Å². The van der Waals surface area contributed by atoms with Crippen LogP contribution in [0.15, 0.2) is 42.5 Å². The van der Waals surface area contributed by atoms with Crippen LogP contribution < -0.4 is 4.90 Å². The Labute approximate surface area is 113 Å². The average Bonchev–Trinajstić information content (AvgIpc) is 2.81. The van der Waals surface area contributed by atoms with Gasteiger partial charge in [0.1, 0.15) is 0 Å². The lowest BCUT2D eigenvalue weighted by Crippen LogP contribution is -2.07. The minimum absolute atomic E-state index is 0.279. The molecule has 0 radical (unpaired) electrons. The molecule has 0 unspecified atom stereocenters. The fourth-order valence-corrected chi connectivity index (χ4v) is 2.70. The molecule has 2 aromatic carbocycles. The van der Waals surface area contributed by atoms with Crippen molar-refractivity contribution in [2.45, 2.75) is 12.8 Å². The van der Waals surface area contributed by atoms with Crippen molar-refractivity contribution in [2.24, 2.45) is 0 Å². The Hall–Kier alpha value is -2.09. The molecule has 0 saturated heterocycles. The topological polar surface area (TPSA) is 20.3 Å². The highest BCUT2D eigenvalue weighted by atomic mass is 16.1. The van der Waals surface area contributed by atoms with Crippen molar-refractivity contribution in [1.82, 2.24) is 0 Å². The highest BCUT2D eigenvalue weighted by Gasteiger charge is 2.22. The van der Waals surface area contributed by atoms with Crippen LogP contribution in [0.5, 0.6) is 0 Å². The zero-order chi connectivity index (χ0) is 13.4. The van der Waals surface area contributed by atoms with E-state index < -0.39 is 0 Å².